The molecular weight excluding hydrogens is 210 g/mol. The number of aromatic hydroxyl groups is 1. The maximum absolute atomic E-state index is 9.93. The molecule has 2 N–H and O–H groups in total. The van der Waals surface area contributed by atoms with Gasteiger partial charge >= 0.3 is 0 Å². The zero-order valence-electron chi connectivity index (χ0n) is 9.77. The Morgan fingerprint density at radius 2 is 1.82 bits per heavy atom. The van der Waals surface area contributed by atoms with Gasteiger partial charge in [0.1, 0.15) is 5.75 Å². The van der Waals surface area contributed by atoms with Gasteiger partial charge in [-0.25, -0.2) is 0 Å². The van der Waals surface area contributed by atoms with Gasteiger partial charge in [-0.3, -0.25) is 0 Å². The average molecular weight is 225 g/mol. The molecule has 1 aliphatic rings. The Labute approximate surface area is 101 Å². The van der Waals surface area contributed by atoms with E-state index in [1.54, 1.807) is 6.07 Å². The van der Waals surface area contributed by atoms with Gasteiger partial charge in [0.15, 0.2) is 0 Å². The third-order valence-electron chi connectivity index (χ3n) is 3.49. The van der Waals surface area contributed by atoms with E-state index in [1.807, 2.05) is 18.2 Å². The van der Waals surface area contributed by atoms with E-state index in [9.17, 15) is 5.11 Å². The normalized spacial score (nSPS) is 18.1. The van der Waals surface area contributed by atoms with Crippen LogP contribution in [0.5, 0.6) is 5.75 Å². The fourth-order valence-corrected chi connectivity index (χ4v) is 2.56. The van der Waals surface area contributed by atoms with Crippen molar-refractivity contribution in [2.75, 3.05) is 0 Å². The van der Waals surface area contributed by atoms with Crippen LogP contribution in [-0.2, 0) is 6.54 Å². The van der Waals surface area contributed by atoms with Gasteiger partial charge in [0.2, 0.25) is 0 Å². The Morgan fingerprint density at radius 1 is 1.06 bits per heavy atom. The summed E-state index contributed by atoms with van der Waals surface area (Å²) >= 11 is 0. The number of phenolic OH excluding ortho intramolecular Hbond substituents is 1. The number of rotatable bonds is 1. The lowest BCUT2D eigenvalue weighted by Gasteiger charge is -2.14. The lowest BCUT2D eigenvalue weighted by atomic mass is 9.96. The Balaban J connectivity index is 2.11. The van der Waals surface area contributed by atoms with E-state index >= 15 is 0 Å². The minimum Gasteiger partial charge on any atom is -0.508 e. The van der Waals surface area contributed by atoms with Crippen LogP contribution in [0.3, 0.4) is 0 Å². The molecule has 0 saturated heterocycles. The number of para-hydroxylation sites is 1. The zero-order chi connectivity index (χ0) is 11.8. The highest BCUT2D eigenvalue weighted by atomic mass is 16.3. The van der Waals surface area contributed by atoms with Gasteiger partial charge in [-0.05, 0) is 29.7 Å². The van der Waals surface area contributed by atoms with Crippen LogP contribution in [0.25, 0.3) is 0 Å². The molecule has 2 heteroatoms. The van der Waals surface area contributed by atoms with Crippen molar-refractivity contribution in [2.24, 2.45) is 0 Å². The molecule has 0 amide bonds. The SMILES string of the molecule is Cc1cccc2c1CNC2c1ccccc1O. The van der Waals surface area contributed by atoms with Crippen LogP contribution >= 0.6 is 0 Å². The minimum absolute atomic E-state index is 0.117. The lowest BCUT2D eigenvalue weighted by Crippen LogP contribution is -2.13. The van der Waals surface area contributed by atoms with Crippen LogP contribution in [0.2, 0.25) is 0 Å². The van der Waals surface area contributed by atoms with Gasteiger partial charge in [0.25, 0.3) is 0 Å². The Kier molecular flexibility index (Phi) is 2.37. The Morgan fingerprint density at radius 3 is 2.65 bits per heavy atom. The molecule has 1 atom stereocenters. The Bertz CT molecular complexity index is 563. The summed E-state index contributed by atoms with van der Waals surface area (Å²) in [5.41, 5.74) is 4.91. The summed E-state index contributed by atoms with van der Waals surface area (Å²) in [4.78, 5) is 0. The second kappa shape index (κ2) is 3.90. The highest BCUT2D eigenvalue weighted by molar-refractivity contribution is 5.48. The predicted octanol–water partition coefficient (Wildman–Crippen LogP) is 2.89. The summed E-state index contributed by atoms with van der Waals surface area (Å²) in [5.74, 6) is 0.361. The second-order valence-corrected chi connectivity index (χ2v) is 4.52. The van der Waals surface area contributed by atoms with Crippen LogP contribution in [0.4, 0.5) is 0 Å². The molecule has 2 aromatic rings. The fourth-order valence-electron chi connectivity index (χ4n) is 2.56. The first-order valence-corrected chi connectivity index (χ1v) is 5.87. The summed E-state index contributed by atoms with van der Waals surface area (Å²) < 4.78 is 0. The van der Waals surface area contributed by atoms with E-state index in [0.717, 1.165) is 12.1 Å². The standard InChI is InChI=1S/C15H15NO/c1-10-5-4-7-11-13(10)9-16-15(11)12-6-2-3-8-14(12)17/h2-8,15-17H,9H2,1H3. The number of phenols is 1. The smallest absolute Gasteiger partial charge is 0.120 e. The molecular formula is C15H15NO. The predicted molar refractivity (Wildman–Crippen MR) is 68.0 cm³/mol. The van der Waals surface area contributed by atoms with Crippen molar-refractivity contribution in [3.63, 3.8) is 0 Å². The molecule has 1 heterocycles. The van der Waals surface area contributed by atoms with Crippen molar-refractivity contribution in [3.05, 3.63) is 64.7 Å². The van der Waals surface area contributed by atoms with Crippen LogP contribution in [0.1, 0.15) is 28.3 Å². The molecule has 0 radical (unpaired) electrons. The highest BCUT2D eigenvalue weighted by Crippen LogP contribution is 2.35. The van der Waals surface area contributed by atoms with E-state index < -0.39 is 0 Å². The molecule has 1 aliphatic heterocycles. The molecule has 0 spiro atoms. The molecule has 0 saturated carbocycles. The lowest BCUT2D eigenvalue weighted by molar-refractivity contribution is 0.460. The number of benzene rings is 2. The maximum atomic E-state index is 9.93. The Hall–Kier alpha value is -1.80. The van der Waals surface area contributed by atoms with Gasteiger partial charge in [-0.1, -0.05) is 36.4 Å². The van der Waals surface area contributed by atoms with E-state index in [2.05, 4.69) is 30.4 Å². The number of aryl methyl sites for hydroxylation is 1. The topological polar surface area (TPSA) is 32.3 Å². The average Bonchev–Trinajstić information content (AvgIpc) is 2.75. The van der Waals surface area contributed by atoms with Crippen molar-refractivity contribution in [1.29, 1.82) is 0 Å². The van der Waals surface area contributed by atoms with Gasteiger partial charge < -0.3 is 10.4 Å². The number of nitrogens with one attached hydrogen (secondary N) is 1. The fraction of sp³-hybridized carbons (Fsp3) is 0.200. The van der Waals surface area contributed by atoms with Crippen LogP contribution in [-0.4, -0.2) is 5.11 Å². The molecule has 0 bridgehead atoms. The molecule has 0 aliphatic carbocycles. The molecule has 3 rings (SSSR count). The van der Waals surface area contributed by atoms with Crippen LogP contribution in [0, 0.1) is 6.92 Å². The molecule has 1 unspecified atom stereocenters. The van der Waals surface area contributed by atoms with Crippen molar-refractivity contribution in [1.82, 2.24) is 5.32 Å². The van der Waals surface area contributed by atoms with Gasteiger partial charge in [-0.15, -0.1) is 0 Å². The van der Waals surface area contributed by atoms with E-state index in [-0.39, 0.29) is 6.04 Å². The van der Waals surface area contributed by atoms with Gasteiger partial charge in [0, 0.05) is 12.1 Å². The van der Waals surface area contributed by atoms with Gasteiger partial charge in [0.05, 0.1) is 6.04 Å². The highest BCUT2D eigenvalue weighted by Gasteiger charge is 2.25. The van der Waals surface area contributed by atoms with E-state index in [0.29, 0.717) is 5.75 Å². The summed E-state index contributed by atoms with van der Waals surface area (Å²) in [6, 6.07) is 14.0. The summed E-state index contributed by atoms with van der Waals surface area (Å²) in [5, 5.41) is 13.4. The van der Waals surface area contributed by atoms with E-state index in [4.69, 9.17) is 0 Å². The minimum atomic E-state index is 0.117. The van der Waals surface area contributed by atoms with Crippen LogP contribution < -0.4 is 5.32 Å². The molecule has 0 aromatic heterocycles. The van der Waals surface area contributed by atoms with Crippen molar-refractivity contribution in [3.8, 4) is 5.75 Å². The first kappa shape index (κ1) is 10.4. The molecule has 86 valence electrons. The maximum Gasteiger partial charge on any atom is 0.120 e. The first-order valence-electron chi connectivity index (χ1n) is 5.87. The van der Waals surface area contributed by atoms with Crippen molar-refractivity contribution in [2.45, 2.75) is 19.5 Å². The number of fused-ring (bicyclic) bond motifs is 1. The van der Waals surface area contributed by atoms with Crippen molar-refractivity contribution >= 4 is 0 Å². The monoisotopic (exact) mass is 225 g/mol. The third-order valence-corrected chi connectivity index (χ3v) is 3.49. The number of hydrogen-bond donors (Lipinski definition) is 2. The zero-order valence-corrected chi connectivity index (χ0v) is 9.77. The first-order chi connectivity index (χ1) is 8.27. The summed E-state index contributed by atoms with van der Waals surface area (Å²) in [7, 11) is 0. The summed E-state index contributed by atoms with van der Waals surface area (Å²) in [6.07, 6.45) is 0. The molecule has 2 nitrogen and oxygen atoms in total. The molecule has 17 heavy (non-hydrogen) atoms. The quantitative estimate of drug-likeness (QED) is 0.782. The largest absolute Gasteiger partial charge is 0.508 e. The van der Waals surface area contributed by atoms with Crippen molar-refractivity contribution < 1.29 is 5.11 Å². The van der Waals surface area contributed by atoms with Crippen LogP contribution in [0.15, 0.2) is 42.5 Å². The number of hydrogen-bond acceptors (Lipinski definition) is 2. The second-order valence-electron chi connectivity index (χ2n) is 4.52. The summed E-state index contributed by atoms with van der Waals surface area (Å²) in [6.45, 7) is 3.01. The molecule has 0 fully saturated rings. The van der Waals surface area contributed by atoms with E-state index in [1.165, 1.54) is 16.7 Å². The van der Waals surface area contributed by atoms with Gasteiger partial charge in [-0.2, -0.15) is 0 Å². The third kappa shape index (κ3) is 1.61. The molecule has 2 aromatic carbocycles.